The molecule has 0 aromatic heterocycles. The first kappa shape index (κ1) is 14.5. The van der Waals surface area contributed by atoms with Gasteiger partial charge >= 0.3 is 0 Å². The molecule has 1 aromatic carbocycles. The monoisotopic (exact) mass is 292 g/mol. The molecule has 1 amide bonds. The molecular formula is C16H21FN2O2. The molecule has 4 nitrogen and oxygen atoms in total. The lowest BCUT2D eigenvalue weighted by Gasteiger charge is -2.65. The fourth-order valence-electron chi connectivity index (χ4n) is 3.84. The second-order valence-corrected chi connectivity index (χ2v) is 6.60. The summed E-state index contributed by atoms with van der Waals surface area (Å²) in [6, 6.07) is 5.85. The highest BCUT2D eigenvalue weighted by molar-refractivity contribution is 6.00. The van der Waals surface area contributed by atoms with Crippen molar-refractivity contribution in [1.82, 2.24) is 0 Å². The van der Waals surface area contributed by atoms with Crippen LogP contribution < -0.4 is 11.1 Å². The lowest BCUT2D eigenvalue weighted by Crippen LogP contribution is -2.81. The van der Waals surface area contributed by atoms with Crippen molar-refractivity contribution in [2.75, 3.05) is 11.9 Å². The molecule has 3 unspecified atom stereocenters. The Labute approximate surface area is 123 Å². The summed E-state index contributed by atoms with van der Waals surface area (Å²) in [4.78, 5) is 12.7. The van der Waals surface area contributed by atoms with Gasteiger partial charge in [-0.25, -0.2) is 4.39 Å². The first-order valence-corrected chi connectivity index (χ1v) is 7.35. The minimum atomic E-state index is -0.982. The molecule has 114 valence electrons. The summed E-state index contributed by atoms with van der Waals surface area (Å²) in [5.41, 5.74) is 5.49. The summed E-state index contributed by atoms with van der Waals surface area (Å²) in [6.45, 7) is 4.65. The first-order chi connectivity index (χ1) is 9.87. The molecular weight excluding hydrogens is 271 g/mol. The summed E-state index contributed by atoms with van der Waals surface area (Å²) < 4.78 is 19.0. The zero-order valence-electron chi connectivity index (χ0n) is 12.4. The third-order valence-electron chi connectivity index (χ3n) is 5.14. The Morgan fingerprint density at radius 2 is 2.24 bits per heavy atom. The molecule has 3 atom stereocenters. The van der Waals surface area contributed by atoms with Crippen LogP contribution in [-0.4, -0.2) is 24.2 Å². The number of carbonyl (C=O) groups excluding carboxylic acids is 1. The normalized spacial score (nSPS) is 33.7. The van der Waals surface area contributed by atoms with Crippen molar-refractivity contribution in [3.05, 3.63) is 30.1 Å². The number of amides is 1. The Morgan fingerprint density at radius 1 is 1.48 bits per heavy atom. The Morgan fingerprint density at radius 3 is 2.95 bits per heavy atom. The summed E-state index contributed by atoms with van der Waals surface area (Å²) in [5.74, 6) is -0.620. The number of anilines is 1. The molecule has 1 aliphatic carbocycles. The average molecular weight is 292 g/mol. The number of rotatable bonds is 2. The van der Waals surface area contributed by atoms with Crippen molar-refractivity contribution < 1.29 is 13.9 Å². The molecule has 21 heavy (non-hydrogen) atoms. The van der Waals surface area contributed by atoms with Gasteiger partial charge in [0.15, 0.2) is 0 Å². The molecule has 3 rings (SSSR count). The van der Waals surface area contributed by atoms with Crippen LogP contribution in [0.5, 0.6) is 0 Å². The van der Waals surface area contributed by atoms with E-state index in [0.717, 1.165) is 19.4 Å². The van der Waals surface area contributed by atoms with E-state index in [9.17, 15) is 9.18 Å². The molecule has 2 fully saturated rings. The molecule has 0 spiro atoms. The number of nitrogens with one attached hydrogen (secondary N) is 1. The minimum Gasteiger partial charge on any atom is -0.377 e. The molecule has 5 heteroatoms. The van der Waals surface area contributed by atoms with Gasteiger partial charge in [-0.05, 0) is 31.0 Å². The first-order valence-electron chi connectivity index (χ1n) is 7.35. The molecule has 1 saturated carbocycles. The molecule has 2 aliphatic rings. The van der Waals surface area contributed by atoms with Gasteiger partial charge in [0.2, 0.25) is 5.91 Å². The van der Waals surface area contributed by atoms with E-state index < -0.39 is 11.0 Å². The maximum atomic E-state index is 13.2. The standard InChI is InChI=1S/C16H21FN2O2/c1-15(2)13-12(7-4-8-21-13)16(15,18)14(20)19-11-6-3-5-10(17)9-11/h3,5-6,9,12-13H,4,7-8,18H2,1-2H3,(H,19,20). The van der Waals surface area contributed by atoms with Crippen LogP contribution in [0, 0.1) is 17.2 Å². The second kappa shape index (κ2) is 4.78. The lowest BCUT2D eigenvalue weighted by atomic mass is 9.46. The molecule has 1 heterocycles. The van der Waals surface area contributed by atoms with Crippen LogP contribution in [0.2, 0.25) is 0 Å². The number of fused-ring (bicyclic) bond motifs is 1. The zero-order chi connectivity index (χ0) is 15.3. The van der Waals surface area contributed by atoms with Crippen molar-refractivity contribution in [3.63, 3.8) is 0 Å². The number of benzene rings is 1. The van der Waals surface area contributed by atoms with E-state index in [2.05, 4.69) is 5.32 Å². The Kier molecular flexibility index (Phi) is 3.30. The van der Waals surface area contributed by atoms with Gasteiger partial charge in [-0.15, -0.1) is 0 Å². The smallest absolute Gasteiger partial charge is 0.245 e. The number of nitrogens with two attached hydrogens (primary N) is 1. The van der Waals surface area contributed by atoms with Crippen LogP contribution in [-0.2, 0) is 9.53 Å². The van der Waals surface area contributed by atoms with E-state index in [1.165, 1.54) is 12.1 Å². The molecule has 1 saturated heterocycles. The van der Waals surface area contributed by atoms with Crippen molar-refractivity contribution in [2.45, 2.75) is 38.3 Å². The SMILES string of the molecule is CC1(C)C2OCCCC2C1(N)C(=O)Nc1cccc(F)c1. The van der Waals surface area contributed by atoms with E-state index in [0.29, 0.717) is 5.69 Å². The predicted octanol–water partition coefficient (Wildman–Crippen LogP) is 2.30. The van der Waals surface area contributed by atoms with Crippen molar-refractivity contribution >= 4 is 11.6 Å². The number of hydrogen-bond donors (Lipinski definition) is 2. The van der Waals surface area contributed by atoms with Gasteiger partial charge in [-0.1, -0.05) is 19.9 Å². The van der Waals surface area contributed by atoms with E-state index in [1.54, 1.807) is 12.1 Å². The maximum Gasteiger partial charge on any atom is 0.245 e. The summed E-state index contributed by atoms with van der Waals surface area (Å²) in [6.07, 6.45) is 1.83. The van der Waals surface area contributed by atoms with Crippen LogP contribution in [0.25, 0.3) is 0 Å². The number of halogens is 1. The van der Waals surface area contributed by atoms with Gasteiger partial charge in [-0.2, -0.15) is 0 Å². The summed E-state index contributed by atoms with van der Waals surface area (Å²) >= 11 is 0. The highest BCUT2D eigenvalue weighted by atomic mass is 19.1. The minimum absolute atomic E-state index is 0.0227. The fourth-order valence-corrected chi connectivity index (χ4v) is 3.84. The second-order valence-electron chi connectivity index (χ2n) is 6.60. The number of ether oxygens (including phenoxy) is 1. The summed E-state index contributed by atoms with van der Waals surface area (Å²) in [7, 11) is 0. The van der Waals surface area contributed by atoms with Crippen molar-refractivity contribution in [2.24, 2.45) is 17.1 Å². The Bertz CT molecular complexity index is 575. The van der Waals surface area contributed by atoms with Gasteiger partial charge in [0.25, 0.3) is 0 Å². The van der Waals surface area contributed by atoms with Crippen LogP contribution in [0.1, 0.15) is 26.7 Å². The maximum absolute atomic E-state index is 13.2. The van der Waals surface area contributed by atoms with Gasteiger partial charge in [0.1, 0.15) is 11.4 Å². The van der Waals surface area contributed by atoms with Crippen molar-refractivity contribution in [3.8, 4) is 0 Å². The zero-order valence-corrected chi connectivity index (χ0v) is 12.4. The third kappa shape index (κ3) is 1.99. The highest BCUT2D eigenvalue weighted by Crippen LogP contribution is 2.57. The molecule has 1 aromatic rings. The van der Waals surface area contributed by atoms with Gasteiger partial charge in [0.05, 0.1) is 6.10 Å². The Hall–Kier alpha value is -1.46. The molecule has 1 aliphatic heterocycles. The topological polar surface area (TPSA) is 64.3 Å². The quantitative estimate of drug-likeness (QED) is 0.879. The van der Waals surface area contributed by atoms with Gasteiger partial charge < -0.3 is 15.8 Å². The molecule has 0 bridgehead atoms. The van der Waals surface area contributed by atoms with Crippen LogP contribution in [0.4, 0.5) is 10.1 Å². The van der Waals surface area contributed by atoms with Crippen LogP contribution >= 0.6 is 0 Å². The van der Waals surface area contributed by atoms with E-state index in [1.807, 2.05) is 13.8 Å². The van der Waals surface area contributed by atoms with E-state index in [-0.39, 0.29) is 23.7 Å². The Balaban J connectivity index is 1.83. The molecule has 0 radical (unpaired) electrons. The van der Waals surface area contributed by atoms with Gasteiger partial charge in [0, 0.05) is 23.6 Å². The molecule has 3 N–H and O–H groups in total. The average Bonchev–Trinajstić information content (AvgIpc) is 2.46. The van der Waals surface area contributed by atoms with E-state index >= 15 is 0 Å². The predicted molar refractivity (Wildman–Crippen MR) is 78.2 cm³/mol. The van der Waals surface area contributed by atoms with Crippen LogP contribution in [0.15, 0.2) is 24.3 Å². The number of hydrogen-bond acceptors (Lipinski definition) is 3. The number of carbonyl (C=O) groups is 1. The largest absolute Gasteiger partial charge is 0.377 e. The lowest BCUT2D eigenvalue weighted by molar-refractivity contribution is -0.222. The van der Waals surface area contributed by atoms with Crippen molar-refractivity contribution in [1.29, 1.82) is 0 Å². The fraction of sp³-hybridized carbons (Fsp3) is 0.562. The van der Waals surface area contributed by atoms with E-state index in [4.69, 9.17) is 10.5 Å². The van der Waals surface area contributed by atoms with Crippen LogP contribution in [0.3, 0.4) is 0 Å². The van der Waals surface area contributed by atoms with Gasteiger partial charge in [-0.3, -0.25) is 4.79 Å². The third-order valence-corrected chi connectivity index (χ3v) is 5.14. The summed E-state index contributed by atoms with van der Waals surface area (Å²) in [5, 5.41) is 2.75. The highest BCUT2D eigenvalue weighted by Gasteiger charge is 2.70.